The standard InChI is InChI=1S/C17H20BrNO/c1-11-4-6-17(15(18)8-11)20-16-7-5-14(9-12(16)2)10-13(3)19/h4-9,13H,10,19H2,1-3H3. The Kier molecular flexibility index (Phi) is 4.84. The van der Waals surface area contributed by atoms with E-state index in [9.17, 15) is 0 Å². The van der Waals surface area contributed by atoms with Gasteiger partial charge in [0.15, 0.2) is 0 Å². The highest BCUT2D eigenvalue weighted by molar-refractivity contribution is 9.10. The quantitative estimate of drug-likeness (QED) is 0.876. The highest BCUT2D eigenvalue weighted by Crippen LogP contribution is 2.32. The van der Waals surface area contributed by atoms with Crippen LogP contribution in [0.4, 0.5) is 0 Å². The molecule has 1 atom stereocenters. The first kappa shape index (κ1) is 15.1. The van der Waals surface area contributed by atoms with Crippen molar-refractivity contribution in [3.63, 3.8) is 0 Å². The molecule has 0 spiro atoms. The molecule has 20 heavy (non-hydrogen) atoms. The van der Waals surface area contributed by atoms with E-state index >= 15 is 0 Å². The largest absolute Gasteiger partial charge is 0.456 e. The summed E-state index contributed by atoms with van der Waals surface area (Å²) in [7, 11) is 0. The number of ether oxygens (including phenoxy) is 1. The molecule has 2 aromatic carbocycles. The maximum atomic E-state index is 5.98. The summed E-state index contributed by atoms with van der Waals surface area (Å²) in [6.07, 6.45) is 0.884. The van der Waals surface area contributed by atoms with E-state index < -0.39 is 0 Å². The van der Waals surface area contributed by atoms with Crippen molar-refractivity contribution in [3.8, 4) is 11.5 Å². The first-order valence-electron chi connectivity index (χ1n) is 6.75. The highest BCUT2D eigenvalue weighted by atomic mass is 79.9. The summed E-state index contributed by atoms with van der Waals surface area (Å²) in [5.41, 5.74) is 9.40. The minimum absolute atomic E-state index is 0.174. The summed E-state index contributed by atoms with van der Waals surface area (Å²) in [5.74, 6) is 1.71. The Hall–Kier alpha value is -1.32. The fraction of sp³-hybridized carbons (Fsp3) is 0.294. The smallest absolute Gasteiger partial charge is 0.141 e. The molecule has 1 unspecified atom stereocenters. The molecule has 0 saturated carbocycles. The molecule has 0 heterocycles. The summed E-state index contributed by atoms with van der Waals surface area (Å²) in [4.78, 5) is 0. The monoisotopic (exact) mass is 333 g/mol. The molecule has 2 aromatic rings. The lowest BCUT2D eigenvalue weighted by Gasteiger charge is -2.13. The molecule has 2 rings (SSSR count). The van der Waals surface area contributed by atoms with Crippen LogP contribution in [-0.4, -0.2) is 6.04 Å². The second kappa shape index (κ2) is 6.42. The molecule has 106 valence electrons. The van der Waals surface area contributed by atoms with Gasteiger partial charge in [-0.3, -0.25) is 0 Å². The number of halogens is 1. The number of rotatable bonds is 4. The Labute approximate surface area is 129 Å². The van der Waals surface area contributed by atoms with Crippen molar-refractivity contribution in [2.75, 3.05) is 0 Å². The van der Waals surface area contributed by atoms with Gasteiger partial charge in [-0.25, -0.2) is 0 Å². The van der Waals surface area contributed by atoms with Crippen LogP contribution in [0.3, 0.4) is 0 Å². The van der Waals surface area contributed by atoms with Gasteiger partial charge < -0.3 is 10.5 Å². The number of aryl methyl sites for hydroxylation is 2. The first-order valence-corrected chi connectivity index (χ1v) is 7.54. The van der Waals surface area contributed by atoms with Crippen LogP contribution in [0.2, 0.25) is 0 Å². The van der Waals surface area contributed by atoms with Crippen LogP contribution in [0.5, 0.6) is 11.5 Å². The van der Waals surface area contributed by atoms with Crippen LogP contribution in [0, 0.1) is 13.8 Å². The van der Waals surface area contributed by atoms with Crippen LogP contribution in [0.1, 0.15) is 23.6 Å². The van der Waals surface area contributed by atoms with E-state index in [2.05, 4.69) is 48.0 Å². The predicted octanol–water partition coefficient (Wildman–Crippen LogP) is 4.75. The van der Waals surface area contributed by atoms with Crippen molar-refractivity contribution in [3.05, 3.63) is 57.6 Å². The molecule has 0 fully saturated rings. The van der Waals surface area contributed by atoms with Crippen LogP contribution in [0.25, 0.3) is 0 Å². The maximum absolute atomic E-state index is 5.98. The van der Waals surface area contributed by atoms with E-state index in [-0.39, 0.29) is 6.04 Å². The Morgan fingerprint density at radius 2 is 1.80 bits per heavy atom. The molecular formula is C17H20BrNO. The third-order valence-electron chi connectivity index (χ3n) is 3.10. The summed E-state index contributed by atoms with van der Waals surface area (Å²) in [6, 6.07) is 12.5. The van der Waals surface area contributed by atoms with Gasteiger partial charge in [-0.1, -0.05) is 18.2 Å². The van der Waals surface area contributed by atoms with Gasteiger partial charge in [0.05, 0.1) is 4.47 Å². The van der Waals surface area contributed by atoms with Gasteiger partial charge in [0.25, 0.3) is 0 Å². The SMILES string of the molecule is Cc1ccc(Oc2ccc(CC(C)N)cc2C)c(Br)c1. The van der Waals surface area contributed by atoms with Crippen molar-refractivity contribution in [2.24, 2.45) is 5.73 Å². The molecule has 0 aliphatic carbocycles. The van der Waals surface area contributed by atoms with Gasteiger partial charge in [-0.2, -0.15) is 0 Å². The van der Waals surface area contributed by atoms with Gasteiger partial charge in [0.2, 0.25) is 0 Å². The maximum Gasteiger partial charge on any atom is 0.141 e. The molecule has 0 aromatic heterocycles. The van der Waals surface area contributed by atoms with E-state index in [1.54, 1.807) is 0 Å². The van der Waals surface area contributed by atoms with Crippen LogP contribution < -0.4 is 10.5 Å². The van der Waals surface area contributed by atoms with E-state index in [1.807, 2.05) is 25.1 Å². The lowest BCUT2D eigenvalue weighted by Crippen LogP contribution is -2.17. The fourth-order valence-corrected chi connectivity index (χ4v) is 2.71. The molecule has 0 radical (unpaired) electrons. The molecule has 2 N–H and O–H groups in total. The highest BCUT2D eigenvalue weighted by Gasteiger charge is 2.07. The second-order valence-corrected chi connectivity index (χ2v) is 6.17. The van der Waals surface area contributed by atoms with E-state index in [4.69, 9.17) is 10.5 Å². The average molecular weight is 334 g/mol. The van der Waals surface area contributed by atoms with Crippen LogP contribution in [-0.2, 0) is 6.42 Å². The normalized spacial score (nSPS) is 12.2. The number of hydrogen-bond acceptors (Lipinski definition) is 2. The van der Waals surface area contributed by atoms with E-state index in [0.717, 1.165) is 28.0 Å². The van der Waals surface area contributed by atoms with Crippen LogP contribution in [0.15, 0.2) is 40.9 Å². The first-order chi connectivity index (χ1) is 9.45. The van der Waals surface area contributed by atoms with E-state index in [1.165, 1.54) is 11.1 Å². The van der Waals surface area contributed by atoms with Crippen molar-refractivity contribution >= 4 is 15.9 Å². The summed E-state index contributed by atoms with van der Waals surface area (Å²) in [6.45, 7) is 6.13. The molecular weight excluding hydrogens is 314 g/mol. The number of hydrogen-bond donors (Lipinski definition) is 1. The molecule has 3 heteroatoms. The number of benzene rings is 2. The zero-order valence-electron chi connectivity index (χ0n) is 12.1. The molecule has 2 nitrogen and oxygen atoms in total. The third-order valence-corrected chi connectivity index (χ3v) is 3.72. The van der Waals surface area contributed by atoms with Crippen LogP contribution >= 0.6 is 15.9 Å². The van der Waals surface area contributed by atoms with Gasteiger partial charge in [-0.15, -0.1) is 0 Å². The van der Waals surface area contributed by atoms with Gasteiger partial charge in [0.1, 0.15) is 11.5 Å². The van der Waals surface area contributed by atoms with Gasteiger partial charge in [0, 0.05) is 6.04 Å². The minimum Gasteiger partial charge on any atom is -0.456 e. The van der Waals surface area contributed by atoms with Gasteiger partial charge in [-0.05, 0) is 78.0 Å². The van der Waals surface area contributed by atoms with Crippen molar-refractivity contribution in [2.45, 2.75) is 33.2 Å². The van der Waals surface area contributed by atoms with Crippen molar-refractivity contribution in [1.29, 1.82) is 0 Å². The fourth-order valence-electron chi connectivity index (χ4n) is 2.13. The Bertz CT molecular complexity index is 608. The topological polar surface area (TPSA) is 35.2 Å². The van der Waals surface area contributed by atoms with Crippen molar-refractivity contribution < 1.29 is 4.74 Å². The lowest BCUT2D eigenvalue weighted by atomic mass is 10.0. The molecule has 0 aliphatic heterocycles. The Morgan fingerprint density at radius 3 is 2.40 bits per heavy atom. The average Bonchev–Trinajstić information content (AvgIpc) is 2.34. The van der Waals surface area contributed by atoms with Crippen molar-refractivity contribution in [1.82, 2.24) is 0 Å². The molecule has 0 bridgehead atoms. The second-order valence-electron chi connectivity index (χ2n) is 5.32. The Balaban J connectivity index is 2.21. The predicted molar refractivity (Wildman–Crippen MR) is 87.5 cm³/mol. The molecule has 0 saturated heterocycles. The molecule has 0 amide bonds. The number of nitrogens with two attached hydrogens (primary N) is 1. The Morgan fingerprint density at radius 1 is 1.10 bits per heavy atom. The van der Waals surface area contributed by atoms with Gasteiger partial charge >= 0.3 is 0 Å². The zero-order chi connectivity index (χ0) is 14.7. The van der Waals surface area contributed by atoms with E-state index in [0.29, 0.717) is 0 Å². The summed E-state index contributed by atoms with van der Waals surface area (Å²) < 4.78 is 6.95. The lowest BCUT2D eigenvalue weighted by molar-refractivity contribution is 0.475. The zero-order valence-corrected chi connectivity index (χ0v) is 13.7. The molecule has 0 aliphatic rings. The third kappa shape index (κ3) is 3.84. The summed E-state index contributed by atoms with van der Waals surface area (Å²) in [5, 5.41) is 0. The minimum atomic E-state index is 0.174. The summed E-state index contributed by atoms with van der Waals surface area (Å²) >= 11 is 3.53.